The van der Waals surface area contributed by atoms with Crippen LogP contribution in [-0.4, -0.2) is 57.6 Å². The number of nitrogens with one attached hydrogen (secondary N) is 1. The van der Waals surface area contributed by atoms with E-state index in [0.717, 1.165) is 4.90 Å². The van der Waals surface area contributed by atoms with E-state index in [-0.39, 0.29) is 12.5 Å². The van der Waals surface area contributed by atoms with E-state index in [0.29, 0.717) is 13.2 Å². The monoisotopic (exact) mass is 210 g/mol. The van der Waals surface area contributed by atoms with Crippen molar-refractivity contribution in [3.8, 4) is 0 Å². The zero-order chi connectivity index (χ0) is 11.0. The second-order valence-corrected chi connectivity index (χ2v) is 2.83. The predicted octanol–water partition coefficient (Wildman–Crippen LogP) is -0.0541. The van der Waals surface area contributed by atoms with Crippen LogP contribution in [0, 0.1) is 0 Å². The Hall–Kier alpha value is -0.750. The van der Waals surface area contributed by atoms with E-state index in [1.54, 1.807) is 7.11 Å². The molecule has 0 fully saturated rings. The second-order valence-electron chi connectivity index (χ2n) is 2.83. The third-order valence-corrected chi connectivity index (χ3v) is 1.60. The smallest absolute Gasteiger partial charge is 0.255 e. The number of ether oxygens (including phenoxy) is 1. The third kappa shape index (κ3) is 6.73. The lowest BCUT2D eigenvalue weighted by Crippen LogP contribution is -2.38. The van der Waals surface area contributed by atoms with Gasteiger partial charge in [0.15, 0.2) is 0 Å². The van der Waals surface area contributed by atoms with Crippen LogP contribution in [0.15, 0.2) is 0 Å². The molecule has 0 aliphatic heterocycles. The quantitative estimate of drug-likeness (QED) is 0.599. The Morgan fingerprint density at radius 2 is 2.21 bits per heavy atom. The zero-order valence-corrected chi connectivity index (χ0v) is 8.43. The van der Waals surface area contributed by atoms with E-state index in [9.17, 15) is 13.6 Å². The summed E-state index contributed by atoms with van der Waals surface area (Å²) in [6, 6.07) is 0. The van der Waals surface area contributed by atoms with E-state index in [1.807, 2.05) is 0 Å². The summed E-state index contributed by atoms with van der Waals surface area (Å²) in [7, 11) is 2.90. The van der Waals surface area contributed by atoms with Gasteiger partial charge in [0.05, 0.1) is 19.7 Å². The molecule has 0 aromatic heterocycles. The fraction of sp³-hybridized carbons (Fsp3) is 0.875. The highest BCUT2D eigenvalue weighted by molar-refractivity contribution is 5.77. The van der Waals surface area contributed by atoms with Crippen molar-refractivity contribution in [1.82, 2.24) is 10.2 Å². The van der Waals surface area contributed by atoms with Crippen molar-refractivity contribution >= 4 is 5.91 Å². The summed E-state index contributed by atoms with van der Waals surface area (Å²) in [5.41, 5.74) is 0. The summed E-state index contributed by atoms with van der Waals surface area (Å²) in [6.07, 6.45) is -2.48. The maximum Gasteiger partial charge on any atom is 0.255 e. The van der Waals surface area contributed by atoms with Gasteiger partial charge < -0.3 is 15.0 Å². The number of rotatable bonds is 7. The highest BCUT2D eigenvalue weighted by atomic mass is 19.3. The normalized spacial score (nSPS) is 10.6. The molecule has 0 unspecified atom stereocenters. The van der Waals surface area contributed by atoms with Crippen molar-refractivity contribution in [1.29, 1.82) is 0 Å². The van der Waals surface area contributed by atoms with Gasteiger partial charge in [0.1, 0.15) is 0 Å². The van der Waals surface area contributed by atoms with Gasteiger partial charge in [0.2, 0.25) is 5.91 Å². The lowest BCUT2D eigenvalue weighted by molar-refractivity contribution is -0.130. The Morgan fingerprint density at radius 1 is 1.57 bits per heavy atom. The molecule has 4 nitrogen and oxygen atoms in total. The molecular weight excluding hydrogens is 194 g/mol. The average molecular weight is 210 g/mol. The number of hydrogen-bond acceptors (Lipinski definition) is 3. The van der Waals surface area contributed by atoms with Crippen LogP contribution in [0.1, 0.15) is 0 Å². The number of nitrogens with zero attached hydrogens (tertiary/aromatic N) is 1. The maximum atomic E-state index is 11.9. The molecule has 1 amide bonds. The summed E-state index contributed by atoms with van der Waals surface area (Å²) < 4.78 is 28.4. The van der Waals surface area contributed by atoms with Crippen LogP contribution in [0.25, 0.3) is 0 Å². The number of alkyl halides is 2. The summed E-state index contributed by atoms with van der Waals surface area (Å²) in [4.78, 5) is 12.1. The van der Waals surface area contributed by atoms with Gasteiger partial charge in [-0.05, 0) is 0 Å². The number of amides is 1. The highest BCUT2D eigenvalue weighted by Gasteiger charge is 2.12. The number of carbonyl (C=O) groups excluding carboxylic acids is 1. The number of halogens is 2. The molecule has 84 valence electrons. The molecule has 0 spiro atoms. The number of hydrogen-bond donors (Lipinski definition) is 1. The van der Waals surface area contributed by atoms with Gasteiger partial charge in [0.25, 0.3) is 6.43 Å². The van der Waals surface area contributed by atoms with Crippen molar-refractivity contribution in [3.63, 3.8) is 0 Å². The van der Waals surface area contributed by atoms with Crippen LogP contribution in [0.2, 0.25) is 0 Å². The first-order chi connectivity index (χ1) is 6.57. The minimum Gasteiger partial charge on any atom is -0.383 e. The summed E-state index contributed by atoms with van der Waals surface area (Å²) in [5, 5.41) is 2.78. The van der Waals surface area contributed by atoms with Gasteiger partial charge in [-0.3, -0.25) is 4.79 Å². The Bertz CT molecular complexity index is 167. The minimum atomic E-state index is -2.48. The molecule has 14 heavy (non-hydrogen) atoms. The molecule has 1 N–H and O–H groups in total. The average Bonchev–Trinajstić information content (AvgIpc) is 2.11. The first-order valence-corrected chi connectivity index (χ1v) is 4.29. The van der Waals surface area contributed by atoms with Gasteiger partial charge in [-0.15, -0.1) is 0 Å². The summed E-state index contributed by atoms with van der Waals surface area (Å²) >= 11 is 0. The molecular formula is C8H16F2N2O2. The second kappa shape index (κ2) is 7.64. The maximum absolute atomic E-state index is 11.9. The van der Waals surface area contributed by atoms with E-state index in [2.05, 4.69) is 5.32 Å². The largest absolute Gasteiger partial charge is 0.383 e. The number of likely N-dealkylation sites (N-methyl/N-ethyl adjacent to an activating group) is 1. The van der Waals surface area contributed by atoms with Crippen LogP contribution in [0.5, 0.6) is 0 Å². The molecule has 0 heterocycles. The lowest BCUT2D eigenvalue weighted by atomic mass is 10.4. The number of methoxy groups -OCH3 is 1. The molecule has 0 aliphatic rings. The van der Waals surface area contributed by atoms with E-state index in [1.165, 1.54) is 7.05 Å². The van der Waals surface area contributed by atoms with Crippen molar-refractivity contribution < 1.29 is 18.3 Å². The molecule has 0 bridgehead atoms. The SMILES string of the molecule is COCCNCC(=O)N(C)CC(F)F. The fourth-order valence-electron chi connectivity index (χ4n) is 0.813. The summed E-state index contributed by atoms with van der Waals surface area (Å²) in [6.45, 7) is 0.563. The molecule has 0 radical (unpaired) electrons. The Balaban J connectivity index is 3.52. The van der Waals surface area contributed by atoms with Gasteiger partial charge in [-0.25, -0.2) is 8.78 Å². The highest BCUT2D eigenvalue weighted by Crippen LogP contribution is 1.95. The third-order valence-electron chi connectivity index (χ3n) is 1.60. The Morgan fingerprint density at radius 3 is 2.71 bits per heavy atom. The lowest BCUT2D eigenvalue weighted by Gasteiger charge is -2.16. The van der Waals surface area contributed by atoms with Crippen LogP contribution in [0.3, 0.4) is 0 Å². The molecule has 0 rings (SSSR count). The van der Waals surface area contributed by atoms with Gasteiger partial charge in [0, 0.05) is 20.7 Å². The Kier molecular flexibility index (Phi) is 7.23. The van der Waals surface area contributed by atoms with Crippen molar-refractivity contribution in [2.24, 2.45) is 0 Å². The standard InChI is InChI=1S/C8H16F2N2O2/c1-12(6-7(9)10)8(13)5-11-3-4-14-2/h7,11H,3-6H2,1-2H3. The van der Waals surface area contributed by atoms with Gasteiger partial charge >= 0.3 is 0 Å². The van der Waals surface area contributed by atoms with E-state index >= 15 is 0 Å². The summed E-state index contributed by atoms with van der Waals surface area (Å²) in [5.74, 6) is -0.346. The molecule has 0 saturated heterocycles. The van der Waals surface area contributed by atoms with Gasteiger partial charge in [-0.1, -0.05) is 0 Å². The molecule has 0 saturated carbocycles. The molecule has 0 aromatic carbocycles. The predicted molar refractivity (Wildman–Crippen MR) is 48.4 cm³/mol. The first kappa shape index (κ1) is 13.2. The molecule has 0 aliphatic carbocycles. The Labute approximate surface area is 82.2 Å². The number of carbonyl (C=O) groups is 1. The van der Waals surface area contributed by atoms with Gasteiger partial charge in [-0.2, -0.15) is 0 Å². The van der Waals surface area contributed by atoms with E-state index in [4.69, 9.17) is 4.74 Å². The van der Waals surface area contributed by atoms with Crippen LogP contribution < -0.4 is 5.32 Å². The minimum absolute atomic E-state index is 0.0621. The molecule has 0 atom stereocenters. The van der Waals surface area contributed by atoms with E-state index < -0.39 is 13.0 Å². The topological polar surface area (TPSA) is 41.6 Å². The fourth-order valence-corrected chi connectivity index (χ4v) is 0.813. The zero-order valence-electron chi connectivity index (χ0n) is 8.43. The molecule has 6 heteroatoms. The van der Waals surface area contributed by atoms with Crippen LogP contribution >= 0.6 is 0 Å². The first-order valence-electron chi connectivity index (χ1n) is 4.29. The van der Waals surface area contributed by atoms with Crippen LogP contribution in [0.4, 0.5) is 8.78 Å². The van der Waals surface area contributed by atoms with Crippen molar-refractivity contribution in [2.45, 2.75) is 6.43 Å². The van der Waals surface area contributed by atoms with Crippen LogP contribution in [-0.2, 0) is 9.53 Å². The van der Waals surface area contributed by atoms with Crippen molar-refractivity contribution in [3.05, 3.63) is 0 Å². The van der Waals surface area contributed by atoms with Crippen molar-refractivity contribution in [2.75, 3.05) is 40.4 Å². The molecule has 0 aromatic rings.